The number of hydrogen-bond donors (Lipinski definition) is 2. The molecule has 0 saturated heterocycles. The van der Waals surface area contributed by atoms with E-state index < -0.39 is 0 Å². The number of nitrogens with two attached hydrogens (primary N) is 1. The van der Waals surface area contributed by atoms with Gasteiger partial charge >= 0.3 is 0 Å². The Morgan fingerprint density at radius 3 is 2.65 bits per heavy atom. The van der Waals surface area contributed by atoms with Crippen molar-refractivity contribution in [1.29, 1.82) is 0 Å². The Morgan fingerprint density at radius 1 is 1.47 bits per heavy atom. The molecule has 3 heteroatoms. The summed E-state index contributed by atoms with van der Waals surface area (Å²) in [6, 6.07) is 6.76. The van der Waals surface area contributed by atoms with E-state index in [0.29, 0.717) is 11.0 Å². The molecule has 1 aromatic rings. The van der Waals surface area contributed by atoms with Gasteiger partial charge in [0, 0.05) is 17.3 Å². The zero-order valence-electron chi connectivity index (χ0n) is 10.5. The van der Waals surface area contributed by atoms with Crippen LogP contribution in [0.3, 0.4) is 0 Å². The monoisotopic (exact) mass is 248 g/mol. The average molecular weight is 248 g/mol. The molecule has 1 aliphatic rings. The van der Waals surface area contributed by atoms with E-state index in [4.69, 9.17) is 18.0 Å². The third-order valence-corrected chi connectivity index (χ3v) is 3.96. The molecule has 2 nitrogen and oxygen atoms in total. The molecular formula is C14H20N2S. The highest BCUT2D eigenvalue weighted by atomic mass is 32.1. The number of nitrogens with one attached hydrogen (secondary N) is 1. The van der Waals surface area contributed by atoms with E-state index in [1.54, 1.807) is 0 Å². The van der Waals surface area contributed by atoms with Crippen molar-refractivity contribution in [3.8, 4) is 0 Å². The van der Waals surface area contributed by atoms with Gasteiger partial charge in [0.15, 0.2) is 0 Å². The molecule has 1 fully saturated rings. The fourth-order valence-electron chi connectivity index (χ4n) is 2.35. The number of aryl methyl sites for hydroxylation is 1. The van der Waals surface area contributed by atoms with Crippen molar-refractivity contribution in [1.82, 2.24) is 0 Å². The SMILES string of the molecule is Cc1cc(NC(C)C2CCC2)ccc1C(N)=S. The van der Waals surface area contributed by atoms with Gasteiger partial charge in [-0.1, -0.05) is 18.6 Å². The molecule has 0 spiro atoms. The first-order valence-electron chi connectivity index (χ1n) is 6.25. The number of hydrogen-bond acceptors (Lipinski definition) is 2. The zero-order valence-corrected chi connectivity index (χ0v) is 11.3. The second kappa shape index (κ2) is 5.05. The van der Waals surface area contributed by atoms with Crippen LogP contribution in [-0.4, -0.2) is 11.0 Å². The number of thiocarbonyl (C=S) groups is 1. The van der Waals surface area contributed by atoms with Crippen LogP contribution < -0.4 is 11.1 Å². The molecular weight excluding hydrogens is 228 g/mol. The maximum absolute atomic E-state index is 5.66. The van der Waals surface area contributed by atoms with E-state index in [-0.39, 0.29) is 0 Å². The van der Waals surface area contributed by atoms with E-state index in [2.05, 4.69) is 24.4 Å². The molecule has 17 heavy (non-hydrogen) atoms. The lowest BCUT2D eigenvalue weighted by molar-refractivity contribution is 0.285. The molecule has 92 valence electrons. The second-order valence-electron chi connectivity index (χ2n) is 5.02. The zero-order chi connectivity index (χ0) is 12.4. The quantitative estimate of drug-likeness (QED) is 0.803. The van der Waals surface area contributed by atoms with Crippen LogP contribution in [0.25, 0.3) is 0 Å². The van der Waals surface area contributed by atoms with Gasteiger partial charge in [-0.15, -0.1) is 0 Å². The van der Waals surface area contributed by atoms with Gasteiger partial charge in [0.1, 0.15) is 4.99 Å². The molecule has 2 rings (SSSR count). The lowest BCUT2D eigenvalue weighted by Crippen LogP contribution is -2.30. The lowest BCUT2D eigenvalue weighted by atomic mass is 9.80. The van der Waals surface area contributed by atoms with Gasteiger partial charge in [0.25, 0.3) is 0 Å². The molecule has 0 radical (unpaired) electrons. The van der Waals surface area contributed by atoms with Crippen LogP contribution in [0, 0.1) is 12.8 Å². The fourth-order valence-corrected chi connectivity index (χ4v) is 2.58. The Kier molecular flexibility index (Phi) is 3.67. The summed E-state index contributed by atoms with van der Waals surface area (Å²) < 4.78 is 0. The smallest absolute Gasteiger partial charge is 0.104 e. The van der Waals surface area contributed by atoms with Gasteiger partial charge in [-0.05, 0) is 56.4 Å². The molecule has 0 bridgehead atoms. The standard InChI is InChI=1S/C14H20N2S/c1-9-8-12(6-7-13(9)14(15)17)16-10(2)11-4-3-5-11/h6-8,10-11,16H,3-5H2,1-2H3,(H2,15,17). The van der Waals surface area contributed by atoms with Crippen molar-refractivity contribution < 1.29 is 0 Å². The number of rotatable bonds is 4. The van der Waals surface area contributed by atoms with Crippen LogP contribution in [0.2, 0.25) is 0 Å². The van der Waals surface area contributed by atoms with Gasteiger partial charge in [-0.3, -0.25) is 0 Å². The minimum absolute atomic E-state index is 0.473. The Morgan fingerprint density at radius 2 is 2.18 bits per heavy atom. The summed E-state index contributed by atoms with van der Waals surface area (Å²) in [4.78, 5) is 0.473. The molecule has 3 N–H and O–H groups in total. The molecule has 0 aliphatic heterocycles. The van der Waals surface area contributed by atoms with Gasteiger partial charge in [0.05, 0.1) is 0 Å². The predicted molar refractivity (Wildman–Crippen MR) is 77.5 cm³/mol. The average Bonchev–Trinajstić information content (AvgIpc) is 2.13. The molecule has 0 aromatic heterocycles. The Balaban J connectivity index is 2.06. The number of anilines is 1. The van der Waals surface area contributed by atoms with E-state index in [1.165, 1.54) is 24.9 Å². The molecule has 0 heterocycles. The molecule has 1 aliphatic carbocycles. The van der Waals surface area contributed by atoms with Crippen molar-refractivity contribution in [2.24, 2.45) is 11.7 Å². The lowest BCUT2D eigenvalue weighted by Gasteiger charge is -2.32. The highest BCUT2D eigenvalue weighted by Gasteiger charge is 2.23. The predicted octanol–water partition coefficient (Wildman–Crippen LogP) is 3.23. The van der Waals surface area contributed by atoms with Gasteiger partial charge in [-0.25, -0.2) is 0 Å². The molecule has 1 atom stereocenters. The number of benzene rings is 1. The van der Waals surface area contributed by atoms with Gasteiger partial charge in [-0.2, -0.15) is 0 Å². The third kappa shape index (κ3) is 2.78. The highest BCUT2D eigenvalue weighted by Crippen LogP contribution is 2.31. The largest absolute Gasteiger partial charge is 0.389 e. The summed E-state index contributed by atoms with van der Waals surface area (Å²) in [6.45, 7) is 4.31. The fraction of sp³-hybridized carbons (Fsp3) is 0.500. The van der Waals surface area contributed by atoms with Gasteiger partial charge in [0.2, 0.25) is 0 Å². The molecule has 1 aromatic carbocycles. The van der Waals surface area contributed by atoms with E-state index in [1.807, 2.05) is 13.0 Å². The Bertz CT molecular complexity index is 424. The highest BCUT2D eigenvalue weighted by molar-refractivity contribution is 7.80. The van der Waals surface area contributed by atoms with Crippen molar-refractivity contribution in [3.05, 3.63) is 29.3 Å². The Hall–Kier alpha value is -1.09. The minimum atomic E-state index is 0.473. The summed E-state index contributed by atoms with van der Waals surface area (Å²) in [5.74, 6) is 0.838. The van der Waals surface area contributed by atoms with Crippen molar-refractivity contribution >= 4 is 22.9 Å². The van der Waals surface area contributed by atoms with Crippen LogP contribution in [-0.2, 0) is 0 Å². The molecule has 0 amide bonds. The van der Waals surface area contributed by atoms with E-state index >= 15 is 0 Å². The minimum Gasteiger partial charge on any atom is -0.389 e. The van der Waals surface area contributed by atoms with Gasteiger partial charge < -0.3 is 11.1 Å². The first-order valence-corrected chi connectivity index (χ1v) is 6.65. The summed E-state index contributed by atoms with van der Waals surface area (Å²) in [7, 11) is 0. The van der Waals surface area contributed by atoms with E-state index in [0.717, 1.165) is 17.0 Å². The molecule has 1 saturated carbocycles. The van der Waals surface area contributed by atoms with Crippen LogP contribution in [0.4, 0.5) is 5.69 Å². The van der Waals surface area contributed by atoms with Crippen LogP contribution in [0.1, 0.15) is 37.3 Å². The third-order valence-electron chi connectivity index (χ3n) is 3.74. The summed E-state index contributed by atoms with van der Waals surface area (Å²) in [5.41, 5.74) is 8.94. The Labute approximate surface area is 109 Å². The second-order valence-corrected chi connectivity index (χ2v) is 5.46. The van der Waals surface area contributed by atoms with Crippen molar-refractivity contribution in [2.45, 2.75) is 39.2 Å². The topological polar surface area (TPSA) is 38.0 Å². The first kappa shape index (κ1) is 12.4. The van der Waals surface area contributed by atoms with Crippen LogP contribution in [0.15, 0.2) is 18.2 Å². The normalized spacial score (nSPS) is 17.3. The summed E-state index contributed by atoms with van der Waals surface area (Å²) >= 11 is 5.01. The first-order chi connectivity index (χ1) is 8.08. The van der Waals surface area contributed by atoms with E-state index in [9.17, 15) is 0 Å². The summed E-state index contributed by atoms with van der Waals surface area (Å²) in [5, 5.41) is 3.57. The molecule has 1 unspecified atom stereocenters. The summed E-state index contributed by atoms with van der Waals surface area (Å²) in [6.07, 6.45) is 4.10. The van der Waals surface area contributed by atoms with Crippen molar-refractivity contribution in [2.75, 3.05) is 5.32 Å². The maximum Gasteiger partial charge on any atom is 0.104 e. The maximum atomic E-state index is 5.66. The van der Waals surface area contributed by atoms with Crippen LogP contribution >= 0.6 is 12.2 Å². The van der Waals surface area contributed by atoms with Crippen LogP contribution in [0.5, 0.6) is 0 Å². The van der Waals surface area contributed by atoms with Crippen molar-refractivity contribution in [3.63, 3.8) is 0 Å².